The van der Waals surface area contributed by atoms with Crippen LogP contribution in [0.1, 0.15) is 59.3 Å². The van der Waals surface area contributed by atoms with Gasteiger partial charge in [0, 0.05) is 0 Å². The quantitative estimate of drug-likeness (QED) is 0.681. The van der Waals surface area contributed by atoms with Crippen LogP contribution in [0.15, 0.2) is 0 Å². The van der Waals surface area contributed by atoms with E-state index in [0.29, 0.717) is 17.3 Å². The minimum atomic E-state index is -0.481. The summed E-state index contributed by atoms with van der Waals surface area (Å²) in [5, 5.41) is 21.2. The molecule has 0 aromatic heterocycles. The van der Waals surface area contributed by atoms with Crippen molar-refractivity contribution in [3.63, 3.8) is 0 Å². The molecule has 0 saturated heterocycles. The van der Waals surface area contributed by atoms with E-state index in [1.165, 1.54) is 12.8 Å². The normalized spacial score (nSPS) is 56.6. The Bertz CT molecular complexity index is 338. The molecule has 5 atom stereocenters. The van der Waals surface area contributed by atoms with Crippen LogP contribution in [0.3, 0.4) is 0 Å². The van der Waals surface area contributed by atoms with Gasteiger partial charge in [-0.05, 0) is 61.2 Å². The first-order valence-corrected chi connectivity index (χ1v) is 7.17. The van der Waals surface area contributed by atoms with Crippen molar-refractivity contribution < 1.29 is 10.2 Å². The molecule has 3 aliphatic carbocycles. The zero-order valence-electron chi connectivity index (χ0n) is 11.4. The van der Waals surface area contributed by atoms with Gasteiger partial charge in [-0.25, -0.2) is 0 Å². The lowest BCUT2D eigenvalue weighted by Gasteiger charge is -2.58. The van der Waals surface area contributed by atoms with Crippen LogP contribution >= 0.6 is 0 Å². The smallest absolute Gasteiger partial charge is 0.0686 e. The molecule has 0 unspecified atom stereocenters. The van der Waals surface area contributed by atoms with Gasteiger partial charge in [-0.15, -0.1) is 0 Å². The molecule has 2 N–H and O–H groups in total. The Morgan fingerprint density at radius 1 is 1.00 bits per heavy atom. The van der Waals surface area contributed by atoms with E-state index in [9.17, 15) is 10.2 Å². The third kappa shape index (κ3) is 1.53. The molecule has 0 heterocycles. The van der Waals surface area contributed by atoms with E-state index >= 15 is 0 Å². The molecule has 2 bridgehead atoms. The number of rotatable bonds is 0. The van der Waals surface area contributed by atoms with Crippen LogP contribution in [-0.4, -0.2) is 21.9 Å². The molecular formula is C15H26O2. The summed E-state index contributed by atoms with van der Waals surface area (Å²) < 4.78 is 0. The van der Waals surface area contributed by atoms with E-state index < -0.39 is 5.60 Å². The highest BCUT2D eigenvalue weighted by atomic mass is 16.3. The number of fused-ring (bicyclic) bond motifs is 4. The van der Waals surface area contributed by atoms with Gasteiger partial charge in [0.1, 0.15) is 0 Å². The Morgan fingerprint density at radius 3 is 2.35 bits per heavy atom. The van der Waals surface area contributed by atoms with E-state index in [-0.39, 0.29) is 11.5 Å². The first-order valence-electron chi connectivity index (χ1n) is 7.17. The summed E-state index contributed by atoms with van der Waals surface area (Å²) >= 11 is 0. The highest BCUT2D eigenvalue weighted by Crippen LogP contribution is 2.64. The number of hydrogen-bond donors (Lipinski definition) is 2. The summed E-state index contributed by atoms with van der Waals surface area (Å²) in [6, 6.07) is 0. The van der Waals surface area contributed by atoms with Crippen molar-refractivity contribution in [3.8, 4) is 0 Å². The average Bonchev–Trinajstić information content (AvgIpc) is 2.28. The molecule has 17 heavy (non-hydrogen) atoms. The predicted octanol–water partition coefficient (Wildman–Crippen LogP) is 2.72. The fraction of sp³-hybridized carbons (Fsp3) is 1.00. The Kier molecular flexibility index (Phi) is 2.30. The molecule has 0 amide bonds. The summed E-state index contributed by atoms with van der Waals surface area (Å²) in [6.07, 6.45) is 5.65. The van der Waals surface area contributed by atoms with Gasteiger partial charge in [-0.2, -0.15) is 0 Å². The van der Waals surface area contributed by atoms with Gasteiger partial charge in [-0.3, -0.25) is 0 Å². The van der Waals surface area contributed by atoms with Gasteiger partial charge in [-0.1, -0.05) is 20.8 Å². The molecule has 0 aliphatic heterocycles. The summed E-state index contributed by atoms with van der Waals surface area (Å²) in [7, 11) is 0. The van der Waals surface area contributed by atoms with E-state index in [1.54, 1.807) is 0 Å². The van der Waals surface area contributed by atoms with Crippen LogP contribution in [0.4, 0.5) is 0 Å². The van der Waals surface area contributed by atoms with Gasteiger partial charge >= 0.3 is 0 Å². The highest BCUT2D eigenvalue weighted by molar-refractivity contribution is 5.12. The first-order chi connectivity index (χ1) is 7.77. The topological polar surface area (TPSA) is 40.5 Å². The van der Waals surface area contributed by atoms with Gasteiger partial charge in [0.2, 0.25) is 0 Å². The Morgan fingerprint density at radius 2 is 1.71 bits per heavy atom. The molecule has 2 heteroatoms. The van der Waals surface area contributed by atoms with E-state index in [0.717, 1.165) is 25.7 Å². The van der Waals surface area contributed by atoms with E-state index in [1.807, 2.05) is 0 Å². The lowest BCUT2D eigenvalue weighted by molar-refractivity contribution is -0.176. The van der Waals surface area contributed by atoms with E-state index in [4.69, 9.17) is 0 Å². The number of aliphatic hydroxyl groups excluding tert-OH is 1. The number of aliphatic hydroxyl groups is 2. The van der Waals surface area contributed by atoms with Crippen molar-refractivity contribution in [2.45, 2.75) is 71.0 Å². The van der Waals surface area contributed by atoms with Crippen LogP contribution in [0.2, 0.25) is 0 Å². The zero-order chi connectivity index (χ0) is 12.5. The van der Waals surface area contributed by atoms with Gasteiger partial charge in [0.25, 0.3) is 0 Å². The Labute approximate surface area is 104 Å². The molecule has 0 spiro atoms. The van der Waals surface area contributed by atoms with Crippen molar-refractivity contribution in [2.75, 3.05) is 0 Å². The summed E-state index contributed by atoms with van der Waals surface area (Å²) in [5.74, 6) is 1.16. The van der Waals surface area contributed by atoms with Gasteiger partial charge in [0.05, 0.1) is 11.7 Å². The van der Waals surface area contributed by atoms with Crippen LogP contribution in [0, 0.1) is 22.7 Å². The van der Waals surface area contributed by atoms with Crippen LogP contribution in [0.25, 0.3) is 0 Å². The van der Waals surface area contributed by atoms with Crippen LogP contribution in [0.5, 0.6) is 0 Å². The Hall–Kier alpha value is -0.0800. The number of hydrogen-bond acceptors (Lipinski definition) is 2. The zero-order valence-corrected chi connectivity index (χ0v) is 11.4. The van der Waals surface area contributed by atoms with Crippen molar-refractivity contribution in [1.82, 2.24) is 0 Å². The monoisotopic (exact) mass is 238 g/mol. The molecule has 3 saturated carbocycles. The lowest BCUT2D eigenvalue weighted by Crippen LogP contribution is -2.57. The van der Waals surface area contributed by atoms with Crippen LogP contribution < -0.4 is 0 Å². The van der Waals surface area contributed by atoms with Crippen molar-refractivity contribution in [3.05, 3.63) is 0 Å². The predicted molar refractivity (Wildman–Crippen MR) is 67.5 cm³/mol. The maximum atomic E-state index is 11.0. The Balaban J connectivity index is 1.93. The van der Waals surface area contributed by atoms with Crippen molar-refractivity contribution in [2.24, 2.45) is 22.7 Å². The molecule has 3 aliphatic rings. The van der Waals surface area contributed by atoms with E-state index in [2.05, 4.69) is 20.8 Å². The minimum Gasteiger partial charge on any atom is -0.393 e. The summed E-state index contributed by atoms with van der Waals surface area (Å²) in [6.45, 7) is 6.86. The second kappa shape index (κ2) is 3.27. The molecule has 2 nitrogen and oxygen atoms in total. The molecule has 0 radical (unpaired) electrons. The standard InChI is InChI=1S/C15H26O2/c1-13(2)8-11-10(13)4-6-14(3)9-15(11,17)7-5-12(14)16/h10-12,16-17H,4-9H2,1-3H3/t10-,11+,12+,14-,15-/m1/s1. The SMILES string of the molecule is CC1(C)C[C@H]2[C@H]1CC[C@]1(C)C[C@]2(O)CC[C@@H]1O. The molecular weight excluding hydrogens is 212 g/mol. The molecule has 0 aromatic carbocycles. The average molecular weight is 238 g/mol. The molecule has 0 aromatic rings. The highest BCUT2D eigenvalue weighted by Gasteiger charge is 2.61. The largest absolute Gasteiger partial charge is 0.393 e. The van der Waals surface area contributed by atoms with Crippen LogP contribution in [-0.2, 0) is 0 Å². The second-order valence-electron chi connectivity index (χ2n) is 7.93. The van der Waals surface area contributed by atoms with Gasteiger partial charge < -0.3 is 10.2 Å². The fourth-order valence-corrected chi connectivity index (χ4v) is 5.10. The maximum Gasteiger partial charge on any atom is 0.0686 e. The van der Waals surface area contributed by atoms with Crippen molar-refractivity contribution >= 4 is 0 Å². The third-order valence-electron chi connectivity index (χ3n) is 6.32. The van der Waals surface area contributed by atoms with Gasteiger partial charge in [0.15, 0.2) is 0 Å². The minimum absolute atomic E-state index is 0.0413. The second-order valence-corrected chi connectivity index (χ2v) is 7.93. The van der Waals surface area contributed by atoms with Crippen molar-refractivity contribution in [1.29, 1.82) is 0 Å². The fourth-order valence-electron chi connectivity index (χ4n) is 5.10. The molecule has 3 rings (SSSR count). The molecule has 3 fully saturated rings. The molecule has 98 valence electrons. The first kappa shape index (κ1) is 12.0. The third-order valence-corrected chi connectivity index (χ3v) is 6.32. The maximum absolute atomic E-state index is 11.0. The lowest BCUT2D eigenvalue weighted by atomic mass is 9.49. The summed E-state index contributed by atoms with van der Waals surface area (Å²) in [5.41, 5.74) is -0.121. The summed E-state index contributed by atoms with van der Waals surface area (Å²) in [4.78, 5) is 0.